The minimum atomic E-state index is -0.239. The van der Waals surface area contributed by atoms with Crippen LogP contribution >= 0.6 is 11.3 Å². The number of nitrogens with one attached hydrogen (secondary N) is 2. The van der Waals surface area contributed by atoms with Gasteiger partial charge in [0.15, 0.2) is 0 Å². The number of likely N-dealkylation sites (tertiary alicyclic amines) is 1. The summed E-state index contributed by atoms with van der Waals surface area (Å²) in [7, 11) is 0. The molecule has 0 radical (unpaired) electrons. The molecule has 3 rings (SSSR count). The van der Waals surface area contributed by atoms with E-state index in [1.165, 1.54) is 23.4 Å². The number of amides is 2. The van der Waals surface area contributed by atoms with Crippen LogP contribution in [0.2, 0.25) is 0 Å². The van der Waals surface area contributed by atoms with Crippen molar-refractivity contribution in [1.82, 2.24) is 15.5 Å². The van der Waals surface area contributed by atoms with Gasteiger partial charge in [0.05, 0.1) is 0 Å². The van der Waals surface area contributed by atoms with Crippen LogP contribution in [0.5, 0.6) is 0 Å². The van der Waals surface area contributed by atoms with E-state index in [0.29, 0.717) is 25.4 Å². The van der Waals surface area contributed by atoms with Gasteiger partial charge < -0.3 is 10.6 Å². The van der Waals surface area contributed by atoms with Crippen molar-refractivity contribution in [1.29, 1.82) is 0 Å². The van der Waals surface area contributed by atoms with Crippen molar-refractivity contribution in [3.8, 4) is 0 Å². The van der Waals surface area contributed by atoms with Gasteiger partial charge >= 0.3 is 6.03 Å². The highest BCUT2D eigenvalue weighted by Gasteiger charge is 2.20. The van der Waals surface area contributed by atoms with Gasteiger partial charge in [-0.2, -0.15) is 0 Å². The second-order valence-electron chi connectivity index (χ2n) is 6.84. The maximum Gasteiger partial charge on any atom is 0.314 e. The number of carbonyl (C=O) groups excluding carboxylic acids is 1. The number of hydrogen-bond acceptors (Lipinski definition) is 3. The summed E-state index contributed by atoms with van der Waals surface area (Å²) < 4.78 is 13.1. The van der Waals surface area contributed by atoms with Crippen molar-refractivity contribution in [3.63, 3.8) is 0 Å². The Bertz CT molecular complexity index is 692. The number of carbonyl (C=O) groups is 1. The molecule has 2 aromatic rings. The van der Waals surface area contributed by atoms with Gasteiger partial charge in [0.1, 0.15) is 5.82 Å². The average molecular weight is 376 g/mol. The number of nitrogens with zero attached hydrogens (tertiary/aromatic N) is 1. The lowest BCUT2D eigenvalue weighted by Gasteiger charge is -2.32. The Morgan fingerprint density at radius 3 is 3.00 bits per heavy atom. The summed E-state index contributed by atoms with van der Waals surface area (Å²) in [6.07, 6.45) is 2.96. The number of piperidine rings is 1. The van der Waals surface area contributed by atoms with Crippen LogP contribution in [0, 0.1) is 11.7 Å². The predicted molar refractivity (Wildman–Crippen MR) is 104 cm³/mol. The standard InChI is InChI=1S/C20H26FN3OS/c21-18-6-1-4-16(12-18)8-9-22-20(25)23-13-17-5-2-10-24(14-17)15-19-7-3-11-26-19/h1,3-4,6-7,11-12,17H,2,5,8-10,13-15H2,(H2,22,23,25)/t17-/m1/s1. The quantitative estimate of drug-likeness (QED) is 0.776. The third kappa shape index (κ3) is 6.11. The zero-order valence-electron chi connectivity index (χ0n) is 14.9. The van der Waals surface area contributed by atoms with E-state index in [9.17, 15) is 9.18 Å². The molecule has 1 saturated heterocycles. The van der Waals surface area contributed by atoms with Crippen LogP contribution in [-0.2, 0) is 13.0 Å². The number of rotatable bonds is 7. The van der Waals surface area contributed by atoms with Gasteiger partial charge in [-0.1, -0.05) is 18.2 Å². The molecule has 26 heavy (non-hydrogen) atoms. The fourth-order valence-corrected chi connectivity index (χ4v) is 4.14. The van der Waals surface area contributed by atoms with Crippen LogP contribution in [0.25, 0.3) is 0 Å². The van der Waals surface area contributed by atoms with E-state index in [1.54, 1.807) is 17.4 Å². The Balaban J connectivity index is 1.33. The predicted octanol–water partition coefficient (Wildman–Crippen LogP) is 3.64. The first-order chi connectivity index (χ1) is 12.7. The SMILES string of the molecule is O=C(NCCc1cccc(F)c1)NC[C@H]1CCCN(Cc2cccs2)C1. The van der Waals surface area contributed by atoms with Crippen molar-refractivity contribution in [3.05, 3.63) is 58.0 Å². The molecule has 0 spiro atoms. The topological polar surface area (TPSA) is 44.4 Å². The van der Waals surface area contributed by atoms with Gasteiger partial charge in [-0.15, -0.1) is 11.3 Å². The van der Waals surface area contributed by atoms with Crippen molar-refractivity contribution in [2.45, 2.75) is 25.8 Å². The van der Waals surface area contributed by atoms with Crippen molar-refractivity contribution in [2.24, 2.45) is 5.92 Å². The molecule has 1 fully saturated rings. The van der Waals surface area contributed by atoms with Crippen LogP contribution < -0.4 is 10.6 Å². The lowest BCUT2D eigenvalue weighted by atomic mass is 9.98. The van der Waals surface area contributed by atoms with Gasteiger partial charge in [0, 0.05) is 31.1 Å². The normalized spacial score (nSPS) is 17.8. The summed E-state index contributed by atoms with van der Waals surface area (Å²) in [4.78, 5) is 15.8. The fourth-order valence-electron chi connectivity index (χ4n) is 3.40. The first-order valence-corrected chi connectivity index (χ1v) is 10.1. The Labute approximate surface area is 158 Å². The van der Waals surface area contributed by atoms with E-state index < -0.39 is 0 Å². The highest BCUT2D eigenvalue weighted by molar-refractivity contribution is 7.09. The smallest absolute Gasteiger partial charge is 0.314 e. The van der Waals surface area contributed by atoms with Gasteiger partial charge in [0.25, 0.3) is 0 Å². The largest absolute Gasteiger partial charge is 0.338 e. The summed E-state index contributed by atoms with van der Waals surface area (Å²) in [6.45, 7) is 4.38. The third-order valence-electron chi connectivity index (χ3n) is 4.70. The van der Waals surface area contributed by atoms with E-state index >= 15 is 0 Å². The average Bonchev–Trinajstić information content (AvgIpc) is 3.13. The number of hydrogen-bond donors (Lipinski definition) is 2. The zero-order valence-corrected chi connectivity index (χ0v) is 15.7. The summed E-state index contributed by atoms with van der Waals surface area (Å²) >= 11 is 1.80. The highest BCUT2D eigenvalue weighted by Crippen LogP contribution is 2.19. The molecule has 2 amide bonds. The van der Waals surface area contributed by atoms with Gasteiger partial charge in [-0.25, -0.2) is 9.18 Å². The fraction of sp³-hybridized carbons (Fsp3) is 0.450. The molecule has 1 aliphatic heterocycles. The van der Waals surface area contributed by atoms with Crippen LogP contribution in [0.3, 0.4) is 0 Å². The van der Waals surface area contributed by atoms with Gasteiger partial charge in [-0.3, -0.25) is 4.90 Å². The number of halogens is 1. The monoisotopic (exact) mass is 375 g/mol. The number of urea groups is 1. The molecule has 1 aromatic heterocycles. The van der Waals surface area contributed by atoms with Gasteiger partial charge in [0.2, 0.25) is 0 Å². The molecular weight excluding hydrogens is 349 g/mol. The first kappa shape index (κ1) is 18.9. The molecule has 4 nitrogen and oxygen atoms in total. The van der Waals surface area contributed by atoms with E-state index in [0.717, 1.165) is 31.6 Å². The molecule has 0 bridgehead atoms. The molecule has 6 heteroatoms. The Hall–Kier alpha value is -1.92. The minimum Gasteiger partial charge on any atom is -0.338 e. The van der Waals surface area contributed by atoms with Crippen molar-refractivity contribution < 1.29 is 9.18 Å². The number of thiophene rings is 1. The second kappa shape index (κ2) is 9.69. The number of benzene rings is 1. The molecule has 0 aliphatic carbocycles. The second-order valence-corrected chi connectivity index (χ2v) is 7.87. The molecule has 140 valence electrons. The van der Waals surface area contributed by atoms with E-state index in [4.69, 9.17) is 0 Å². The lowest BCUT2D eigenvalue weighted by Crippen LogP contribution is -2.43. The molecule has 2 N–H and O–H groups in total. The molecule has 0 unspecified atom stereocenters. The zero-order chi connectivity index (χ0) is 18.2. The minimum absolute atomic E-state index is 0.142. The Kier molecular flexibility index (Phi) is 7.03. The van der Waals surface area contributed by atoms with Crippen LogP contribution in [-0.4, -0.2) is 37.1 Å². The van der Waals surface area contributed by atoms with E-state index in [1.807, 2.05) is 6.07 Å². The Morgan fingerprint density at radius 2 is 2.19 bits per heavy atom. The molecule has 1 atom stereocenters. The van der Waals surface area contributed by atoms with Crippen LogP contribution in [0.15, 0.2) is 41.8 Å². The summed E-state index contributed by atoms with van der Waals surface area (Å²) in [5, 5.41) is 7.95. The summed E-state index contributed by atoms with van der Waals surface area (Å²) in [5.41, 5.74) is 0.891. The van der Waals surface area contributed by atoms with Gasteiger partial charge in [-0.05, 0) is 60.9 Å². The van der Waals surface area contributed by atoms with E-state index in [-0.39, 0.29) is 11.8 Å². The van der Waals surface area contributed by atoms with Crippen molar-refractivity contribution in [2.75, 3.05) is 26.2 Å². The molecule has 1 aliphatic rings. The molecule has 1 aromatic carbocycles. The third-order valence-corrected chi connectivity index (χ3v) is 5.56. The van der Waals surface area contributed by atoms with Crippen LogP contribution in [0.4, 0.5) is 9.18 Å². The Morgan fingerprint density at radius 1 is 1.27 bits per heavy atom. The van der Waals surface area contributed by atoms with E-state index in [2.05, 4.69) is 33.0 Å². The maximum absolute atomic E-state index is 13.1. The summed E-state index contributed by atoms with van der Waals surface area (Å²) in [5.74, 6) is 0.258. The molecule has 2 heterocycles. The highest BCUT2D eigenvalue weighted by atomic mass is 32.1. The summed E-state index contributed by atoms with van der Waals surface area (Å²) in [6, 6.07) is 10.6. The molecular formula is C20H26FN3OS. The first-order valence-electron chi connectivity index (χ1n) is 9.20. The maximum atomic E-state index is 13.1. The van der Waals surface area contributed by atoms with Crippen LogP contribution in [0.1, 0.15) is 23.3 Å². The lowest BCUT2D eigenvalue weighted by molar-refractivity contribution is 0.166. The van der Waals surface area contributed by atoms with Crippen molar-refractivity contribution >= 4 is 17.4 Å². The molecule has 0 saturated carbocycles.